The van der Waals surface area contributed by atoms with Gasteiger partial charge in [-0.3, -0.25) is 9.59 Å². The Morgan fingerprint density at radius 1 is 1.05 bits per heavy atom. The first-order chi connectivity index (χ1) is 17.1. The highest BCUT2D eigenvalue weighted by Crippen LogP contribution is 2.34. The fourth-order valence-corrected chi connectivity index (χ4v) is 3.63. The molecular formula is C22H24F6N6O3. The average molecular weight is 534 g/mol. The van der Waals surface area contributed by atoms with Gasteiger partial charge in [0.1, 0.15) is 6.10 Å². The smallest absolute Gasteiger partial charge is 0.363 e. The second-order valence-corrected chi connectivity index (χ2v) is 9.44. The van der Waals surface area contributed by atoms with E-state index in [0.717, 1.165) is 6.07 Å². The van der Waals surface area contributed by atoms with Crippen LogP contribution in [0.15, 0.2) is 18.5 Å². The Hall–Kier alpha value is -3.36. The van der Waals surface area contributed by atoms with E-state index in [0.29, 0.717) is 31.6 Å². The van der Waals surface area contributed by atoms with E-state index in [1.807, 2.05) is 0 Å². The number of rotatable bonds is 8. The number of ether oxygens (including phenoxy) is 1. The van der Waals surface area contributed by atoms with Crippen LogP contribution in [0.5, 0.6) is 0 Å². The normalized spacial score (nSPS) is 19.1. The first-order valence-corrected chi connectivity index (χ1v) is 11.1. The Bertz CT molecular complexity index is 1110. The van der Waals surface area contributed by atoms with Gasteiger partial charge in [-0.05, 0) is 45.6 Å². The summed E-state index contributed by atoms with van der Waals surface area (Å²) in [6, 6.07) is 0.986. The molecule has 0 radical (unpaired) electrons. The summed E-state index contributed by atoms with van der Waals surface area (Å²) < 4.78 is 84.3. The summed E-state index contributed by atoms with van der Waals surface area (Å²) in [5.74, 6) is -3.82. The minimum absolute atomic E-state index is 0.105. The van der Waals surface area contributed by atoms with Gasteiger partial charge in [0.05, 0.1) is 23.5 Å². The number of nitrogens with zero attached hydrogens (tertiary/aromatic N) is 4. The molecule has 1 saturated carbocycles. The maximum absolute atomic E-state index is 13.4. The molecule has 37 heavy (non-hydrogen) atoms. The summed E-state index contributed by atoms with van der Waals surface area (Å²) in [5.41, 5.74) is -1.52. The fraction of sp³-hybridized carbons (Fsp3) is 0.545. The van der Waals surface area contributed by atoms with Crippen molar-refractivity contribution in [2.24, 2.45) is 5.92 Å². The van der Waals surface area contributed by atoms with Crippen LogP contribution in [0.4, 0.5) is 26.3 Å². The lowest BCUT2D eigenvalue weighted by atomic mass is 9.76. The van der Waals surface area contributed by atoms with E-state index >= 15 is 0 Å². The lowest BCUT2D eigenvalue weighted by Crippen LogP contribution is -2.52. The summed E-state index contributed by atoms with van der Waals surface area (Å²) in [6.07, 6.45) is -7.79. The average Bonchev–Trinajstić information content (AvgIpc) is 2.76. The van der Waals surface area contributed by atoms with Crippen LogP contribution in [0.3, 0.4) is 0 Å². The van der Waals surface area contributed by atoms with Gasteiger partial charge in [0, 0.05) is 24.0 Å². The van der Waals surface area contributed by atoms with Gasteiger partial charge < -0.3 is 15.4 Å². The Morgan fingerprint density at radius 2 is 1.65 bits per heavy atom. The van der Waals surface area contributed by atoms with Crippen molar-refractivity contribution >= 4 is 12.3 Å². The number of carbonyl (C=O) groups excluding carboxylic acids is 2. The third-order valence-electron chi connectivity index (χ3n) is 5.32. The molecule has 1 aliphatic carbocycles. The quantitative estimate of drug-likeness (QED) is 0.394. The number of hydrogen-bond acceptors (Lipinski definition) is 7. The summed E-state index contributed by atoms with van der Waals surface area (Å²) in [4.78, 5) is 36.7. The van der Waals surface area contributed by atoms with Gasteiger partial charge >= 0.3 is 12.4 Å². The zero-order chi connectivity index (χ0) is 27.6. The largest absolute Gasteiger partial charge is 0.451 e. The first kappa shape index (κ1) is 28.2. The Morgan fingerprint density at radius 3 is 2.16 bits per heavy atom. The molecule has 2 aromatic rings. The monoisotopic (exact) mass is 534 g/mol. The number of aromatic nitrogens is 4. The Kier molecular flexibility index (Phi) is 8.05. The zero-order valence-electron chi connectivity index (χ0n) is 19.9. The van der Waals surface area contributed by atoms with Crippen molar-refractivity contribution in [3.05, 3.63) is 35.8 Å². The molecule has 0 aromatic carbocycles. The number of amides is 2. The Labute approximate surface area is 207 Å². The molecule has 2 aromatic heterocycles. The standard InChI is InChI=1S/C22H24F6N6O3/c1-20(2,3)37-16(11-4-13(5-11)32-10-35)17(36)29-9-14-6-15(34-19(33-14)22(26,27)28)12-7-30-18(31-8-12)21(23,24)25/h6-8,10-11,13,16H,4-5,9H2,1-3H3,(H,29,36)(H,32,35). The molecule has 2 N–H and O–H groups in total. The third kappa shape index (κ3) is 7.57. The van der Waals surface area contributed by atoms with E-state index < -0.39 is 48.2 Å². The van der Waals surface area contributed by atoms with E-state index in [2.05, 4.69) is 30.6 Å². The highest BCUT2D eigenvalue weighted by molar-refractivity contribution is 5.81. The summed E-state index contributed by atoms with van der Waals surface area (Å²) in [6.45, 7) is 4.79. The molecule has 1 fully saturated rings. The molecule has 9 nitrogen and oxygen atoms in total. The zero-order valence-corrected chi connectivity index (χ0v) is 19.9. The summed E-state index contributed by atoms with van der Waals surface area (Å²) in [5, 5.41) is 5.13. The third-order valence-corrected chi connectivity index (χ3v) is 5.32. The lowest BCUT2D eigenvalue weighted by Gasteiger charge is -2.41. The number of halogens is 6. The maximum atomic E-state index is 13.4. The van der Waals surface area contributed by atoms with Crippen LogP contribution in [0.2, 0.25) is 0 Å². The molecule has 0 saturated heterocycles. The molecule has 3 rings (SSSR count). The minimum atomic E-state index is -4.97. The molecule has 0 spiro atoms. The molecule has 1 aliphatic rings. The molecular weight excluding hydrogens is 510 g/mol. The van der Waals surface area contributed by atoms with Gasteiger partial charge in [0.2, 0.25) is 24.0 Å². The number of carbonyl (C=O) groups is 2. The van der Waals surface area contributed by atoms with Crippen LogP contribution in [0.25, 0.3) is 11.3 Å². The predicted octanol–water partition coefficient (Wildman–Crippen LogP) is 3.30. The van der Waals surface area contributed by atoms with Crippen molar-refractivity contribution in [2.75, 3.05) is 0 Å². The van der Waals surface area contributed by atoms with Gasteiger partial charge in [-0.25, -0.2) is 19.9 Å². The van der Waals surface area contributed by atoms with Crippen molar-refractivity contribution in [2.45, 2.75) is 70.3 Å². The number of alkyl halides is 6. The lowest BCUT2D eigenvalue weighted by molar-refractivity contribution is -0.154. The van der Waals surface area contributed by atoms with Crippen LogP contribution in [0.1, 0.15) is 51.0 Å². The van der Waals surface area contributed by atoms with E-state index in [9.17, 15) is 35.9 Å². The Balaban J connectivity index is 1.81. The van der Waals surface area contributed by atoms with Crippen LogP contribution in [-0.4, -0.2) is 50.0 Å². The van der Waals surface area contributed by atoms with Crippen LogP contribution in [-0.2, 0) is 33.2 Å². The van der Waals surface area contributed by atoms with Gasteiger partial charge in [0.25, 0.3) is 0 Å². The molecule has 0 aliphatic heterocycles. The van der Waals surface area contributed by atoms with Crippen molar-refractivity contribution in [1.82, 2.24) is 30.6 Å². The van der Waals surface area contributed by atoms with Crippen LogP contribution < -0.4 is 10.6 Å². The minimum Gasteiger partial charge on any atom is -0.363 e. The number of nitrogens with one attached hydrogen (secondary N) is 2. The fourth-order valence-electron chi connectivity index (χ4n) is 3.63. The second kappa shape index (κ2) is 10.6. The van der Waals surface area contributed by atoms with Crippen molar-refractivity contribution < 1.29 is 40.7 Å². The van der Waals surface area contributed by atoms with Gasteiger partial charge in [-0.2, -0.15) is 26.3 Å². The van der Waals surface area contributed by atoms with Crippen LogP contribution >= 0.6 is 0 Å². The van der Waals surface area contributed by atoms with E-state index in [4.69, 9.17) is 4.74 Å². The molecule has 2 amide bonds. The SMILES string of the molecule is CC(C)(C)OC(C(=O)NCc1cc(-c2cnc(C(F)(F)F)nc2)nc(C(F)(F)F)n1)C1CC(NC=O)C1. The molecule has 1 atom stereocenters. The van der Waals surface area contributed by atoms with Crippen LogP contribution in [0, 0.1) is 5.92 Å². The summed E-state index contributed by atoms with van der Waals surface area (Å²) >= 11 is 0. The second-order valence-electron chi connectivity index (χ2n) is 9.44. The molecule has 0 bridgehead atoms. The van der Waals surface area contributed by atoms with Crippen molar-refractivity contribution in [3.63, 3.8) is 0 Å². The van der Waals surface area contributed by atoms with Gasteiger partial charge in [-0.1, -0.05) is 0 Å². The first-order valence-electron chi connectivity index (χ1n) is 11.1. The molecule has 15 heteroatoms. The topological polar surface area (TPSA) is 119 Å². The highest BCUT2D eigenvalue weighted by Gasteiger charge is 2.41. The molecule has 2 heterocycles. The van der Waals surface area contributed by atoms with E-state index in [-0.39, 0.29) is 28.9 Å². The highest BCUT2D eigenvalue weighted by atomic mass is 19.4. The molecule has 1 unspecified atom stereocenters. The molecule has 202 valence electrons. The van der Waals surface area contributed by atoms with Gasteiger partial charge in [0.15, 0.2) is 0 Å². The summed E-state index contributed by atoms with van der Waals surface area (Å²) in [7, 11) is 0. The predicted molar refractivity (Wildman–Crippen MR) is 115 cm³/mol. The van der Waals surface area contributed by atoms with Gasteiger partial charge in [-0.15, -0.1) is 0 Å². The maximum Gasteiger partial charge on any atom is 0.451 e. The van der Waals surface area contributed by atoms with Crippen molar-refractivity contribution in [1.29, 1.82) is 0 Å². The van der Waals surface area contributed by atoms with E-state index in [1.165, 1.54) is 0 Å². The van der Waals surface area contributed by atoms with E-state index in [1.54, 1.807) is 20.8 Å². The van der Waals surface area contributed by atoms with Crippen molar-refractivity contribution in [3.8, 4) is 11.3 Å². The number of hydrogen-bond donors (Lipinski definition) is 2.